The van der Waals surface area contributed by atoms with Crippen LogP contribution in [-0.2, 0) is 21.4 Å². The number of benzene rings is 2. The van der Waals surface area contributed by atoms with Crippen molar-refractivity contribution in [2.24, 2.45) is 0 Å². The second-order valence-electron chi connectivity index (χ2n) is 6.50. The highest BCUT2D eigenvalue weighted by Crippen LogP contribution is 2.19. The van der Waals surface area contributed by atoms with Crippen LogP contribution >= 0.6 is 0 Å². The molecule has 7 nitrogen and oxygen atoms in total. The molecule has 1 N–H and O–H groups in total. The molecule has 0 aliphatic carbocycles. The first kappa shape index (κ1) is 19.6. The second-order valence-corrected chi connectivity index (χ2v) is 8.25. The van der Waals surface area contributed by atoms with Crippen LogP contribution in [0.25, 0.3) is 5.69 Å². The quantitative estimate of drug-likeness (QED) is 0.643. The monoisotopic (exact) mass is 399 g/mol. The molecule has 0 atom stereocenters. The number of carbonyl (C=O) groups excluding carboxylic acids is 1. The highest BCUT2D eigenvalue weighted by atomic mass is 32.2. The number of esters is 1. The molecule has 8 heteroatoms. The van der Waals surface area contributed by atoms with Gasteiger partial charge in [-0.15, -0.1) is 0 Å². The predicted octanol–water partition coefficient (Wildman–Crippen LogP) is 3.22. The molecular weight excluding hydrogens is 378 g/mol. The van der Waals surface area contributed by atoms with E-state index in [4.69, 9.17) is 4.74 Å². The fourth-order valence-corrected chi connectivity index (χ4v) is 3.38. The average Bonchev–Trinajstić information content (AvgIpc) is 2.97. The maximum Gasteiger partial charge on any atom is 0.340 e. The molecule has 1 heterocycles. The van der Waals surface area contributed by atoms with E-state index in [0.717, 1.165) is 28.9 Å². The first-order chi connectivity index (χ1) is 13.2. The summed E-state index contributed by atoms with van der Waals surface area (Å²) >= 11 is 0. The van der Waals surface area contributed by atoms with Crippen LogP contribution in [0.1, 0.15) is 27.3 Å². The summed E-state index contributed by atoms with van der Waals surface area (Å²) in [7, 11) is -3.50. The predicted molar refractivity (Wildman–Crippen MR) is 107 cm³/mol. The number of hydrogen-bond donors (Lipinski definition) is 1. The van der Waals surface area contributed by atoms with Crippen molar-refractivity contribution in [1.82, 2.24) is 9.78 Å². The maximum absolute atomic E-state index is 12.4. The molecule has 0 saturated heterocycles. The third kappa shape index (κ3) is 4.77. The fraction of sp³-hybridized carbons (Fsp3) is 0.200. The molecule has 3 rings (SSSR count). The summed E-state index contributed by atoms with van der Waals surface area (Å²) in [5.74, 6) is -0.602. The van der Waals surface area contributed by atoms with Gasteiger partial charge in [0.25, 0.3) is 0 Å². The Balaban J connectivity index is 1.69. The van der Waals surface area contributed by atoms with Gasteiger partial charge in [-0.3, -0.25) is 4.72 Å². The molecule has 0 aliphatic heterocycles. The highest BCUT2D eigenvalue weighted by Gasteiger charge is 2.15. The van der Waals surface area contributed by atoms with Crippen LogP contribution in [0, 0.1) is 13.8 Å². The molecule has 0 saturated carbocycles. The third-order valence-electron chi connectivity index (χ3n) is 4.00. The molecular formula is C20H21N3O4S. The van der Waals surface area contributed by atoms with Gasteiger partial charge in [0.1, 0.15) is 6.61 Å². The van der Waals surface area contributed by atoms with Gasteiger partial charge in [-0.05, 0) is 49.7 Å². The van der Waals surface area contributed by atoms with Crippen LogP contribution in [0.3, 0.4) is 0 Å². The van der Waals surface area contributed by atoms with Crippen molar-refractivity contribution in [3.05, 3.63) is 77.1 Å². The molecule has 3 aromatic rings. The first-order valence-corrected chi connectivity index (χ1v) is 10.5. The summed E-state index contributed by atoms with van der Waals surface area (Å²) < 4.78 is 32.4. The van der Waals surface area contributed by atoms with E-state index >= 15 is 0 Å². The van der Waals surface area contributed by atoms with Crippen LogP contribution in [-0.4, -0.2) is 30.4 Å². The van der Waals surface area contributed by atoms with Gasteiger partial charge in [-0.1, -0.05) is 24.3 Å². The van der Waals surface area contributed by atoms with Crippen molar-refractivity contribution in [2.75, 3.05) is 11.0 Å². The Hall–Kier alpha value is -3.13. The number of aromatic nitrogens is 2. The second kappa shape index (κ2) is 7.85. The van der Waals surface area contributed by atoms with Crippen molar-refractivity contribution < 1.29 is 17.9 Å². The lowest BCUT2D eigenvalue weighted by Gasteiger charge is -2.11. The topological polar surface area (TPSA) is 90.3 Å². The maximum atomic E-state index is 12.4. The van der Waals surface area contributed by atoms with E-state index in [0.29, 0.717) is 0 Å². The van der Waals surface area contributed by atoms with E-state index in [1.807, 2.05) is 48.9 Å². The van der Waals surface area contributed by atoms with Gasteiger partial charge >= 0.3 is 5.97 Å². The standard InChI is InChI=1S/C20H21N3O4S/c1-14-12-15(2)23(21-14)17-10-8-16(9-11-17)13-27-20(24)18-6-4-5-7-19(18)22-28(3,25)26/h4-12,22H,13H2,1-3H3. The molecule has 0 unspecified atom stereocenters. The lowest BCUT2D eigenvalue weighted by molar-refractivity contribution is 0.0474. The Kier molecular flexibility index (Phi) is 5.51. The van der Waals surface area contributed by atoms with Crippen LogP contribution < -0.4 is 4.72 Å². The molecule has 0 aliphatic rings. The third-order valence-corrected chi connectivity index (χ3v) is 4.59. The van der Waals surface area contributed by atoms with Gasteiger partial charge in [-0.25, -0.2) is 17.9 Å². The number of aryl methyl sites for hydroxylation is 2. The fourth-order valence-electron chi connectivity index (χ4n) is 2.80. The van der Waals surface area contributed by atoms with Crippen molar-refractivity contribution >= 4 is 21.7 Å². The van der Waals surface area contributed by atoms with E-state index in [1.165, 1.54) is 12.1 Å². The minimum Gasteiger partial charge on any atom is -0.457 e. The largest absolute Gasteiger partial charge is 0.457 e. The number of sulfonamides is 1. The molecule has 28 heavy (non-hydrogen) atoms. The number of para-hydroxylation sites is 1. The summed E-state index contributed by atoms with van der Waals surface area (Å²) in [6, 6.07) is 15.8. The normalized spacial score (nSPS) is 11.2. The molecule has 0 spiro atoms. The summed E-state index contributed by atoms with van der Waals surface area (Å²) in [6.45, 7) is 3.99. The Morgan fingerprint density at radius 1 is 1.11 bits per heavy atom. The van der Waals surface area contributed by atoms with E-state index in [-0.39, 0.29) is 17.9 Å². The van der Waals surface area contributed by atoms with Gasteiger partial charge in [-0.2, -0.15) is 5.10 Å². The summed E-state index contributed by atoms with van der Waals surface area (Å²) in [4.78, 5) is 12.4. The van der Waals surface area contributed by atoms with Crippen molar-refractivity contribution in [1.29, 1.82) is 0 Å². The van der Waals surface area contributed by atoms with Gasteiger partial charge in [0.15, 0.2) is 0 Å². The number of carbonyl (C=O) groups is 1. The number of ether oxygens (including phenoxy) is 1. The van der Waals surface area contributed by atoms with Crippen LogP contribution in [0.5, 0.6) is 0 Å². The number of nitrogens with one attached hydrogen (secondary N) is 1. The van der Waals surface area contributed by atoms with Crippen molar-refractivity contribution in [3.63, 3.8) is 0 Å². The minimum atomic E-state index is -3.50. The zero-order chi connectivity index (χ0) is 20.3. The number of hydrogen-bond acceptors (Lipinski definition) is 5. The molecule has 0 amide bonds. The Morgan fingerprint density at radius 3 is 2.39 bits per heavy atom. The molecule has 146 valence electrons. The van der Waals surface area contributed by atoms with E-state index in [1.54, 1.807) is 12.1 Å². The Labute approximate surface area is 164 Å². The van der Waals surface area contributed by atoms with E-state index in [2.05, 4.69) is 9.82 Å². The zero-order valence-corrected chi connectivity index (χ0v) is 16.7. The van der Waals surface area contributed by atoms with Gasteiger partial charge in [0.2, 0.25) is 10.0 Å². The number of anilines is 1. The van der Waals surface area contributed by atoms with Crippen LogP contribution in [0.4, 0.5) is 5.69 Å². The lowest BCUT2D eigenvalue weighted by Crippen LogP contribution is -2.14. The number of rotatable bonds is 6. The van der Waals surface area contributed by atoms with Gasteiger partial charge in [0.05, 0.1) is 28.9 Å². The molecule has 1 aromatic heterocycles. The summed E-state index contributed by atoms with van der Waals surface area (Å²) in [5.41, 5.74) is 4.06. The molecule has 0 bridgehead atoms. The lowest BCUT2D eigenvalue weighted by atomic mass is 10.2. The van der Waals surface area contributed by atoms with Crippen LogP contribution in [0.15, 0.2) is 54.6 Å². The average molecular weight is 399 g/mol. The van der Waals surface area contributed by atoms with E-state index in [9.17, 15) is 13.2 Å². The van der Waals surface area contributed by atoms with Crippen molar-refractivity contribution in [3.8, 4) is 5.69 Å². The van der Waals surface area contributed by atoms with Gasteiger partial charge in [0, 0.05) is 5.69 Å². The Morgan fingerprint density at radius 2 is 1.79 bits per heavy atom. The minimum absolute atomic E-state index is 0.0729. The Bertz CT molecular complexity index is 1100. The summed E-state index contributed by atoms with van der Waals surface area (Å²) in [6.07, 6.45) is 1.03. The first-order valence-electron chi connectivity index (χ1n) is 8.59. The smallest absolute Gasteiger partial charge is 0.340 e. The van der Waals surface area contributed by atoms with Gasteiger partial charge < -0.3 is 4.74 Å². The molecule has 0 radical (unpaired) electrons. The van der Waals surface area contributed by atoms with E-state index < -0.39 is 16.0 Å². The SMILES string of the molecule is Cc1cc(C)n(-c2ccc(COC(=O)c3ccccc3NS(C)(=O)=O)cc2)n1. The molecule has 0 fully saturated rings. The highest BCUT2D eigenvalue weighted by molar-refractivity contribution is 7.92. The molecule has 2 aromatic carbocycles. The van der Waals surface area contributed by atoms with Crippen molar-refractivity contribution in [2.45, 2.75) is 20.5 Å². The zero-order valence-electron chi connectivity index (χ0n) is 15.8. The van der Waals surface area contributed by atoms with Crippen LogP contribution in [0.2, 0.25) is 0 Å². The summed E-state index contributed by atoms with van der Waals surface area (Å²) in [5, 5.41) is 4.44. The number of nitrogens with zero attached hydrogens (tertiary/aromatic N) is 2.